The predicted molar refractivity (Wildman–Crippen MR) is 63.2 cm³/mol. The van der Waals surface area contributed by atoms with Gasteiger partial charge in [-0.3, -0.25) is 0 Å². The SMILES string of the molecule is O=C(OI)c1ccc(C(=O)OCCO)cc1. The molecule has 0 saturated carbocycles. The lowest BCUT2D eigenvalue weighted by atomic mass is 10.1. The van der Waals surface area contributed by atoms with Crippen LogP contribution in [0.25, 0.3) is 0 Å². The number of hydrogen-bond acceptors (Lipinski definition) is 5. The molecule has 16 heavy (non-hydrogen) atoms. The second kappa shape index (κ2) is 6.44. The average Bonchev–Trinajstić information content (AvgIpc) is 2.35. The Morgan fingerprint density at radius 2 is 1.62 bits per heavy atom. The third-order valence-electron chi connectivity index (χ3n) is 1.75. The molecule has 0 unspecified atom stereocenters. The predicted octanol–water partition coefficient (Wildman–Crippen LogP) is 1.34. The molecule has 0 aliphatic rings. The van der Waals surface area contributed by atoms with Crippen LogP contribution in [0.2, 0.25) is 0 Å². The summed E-state index contributed by atoms with van der Waals surface area (Å²) in [7, 11) is 0. The zero-order chi connectivity index (χ0) is 12.0. The first-order valence-electron chi connectivity index (χ1n) is 4.40. The smallest absolute Gasteiger partial charge is 0.347 e. The first-order chi connectivity index (χ1) is 7.69. The molecule has 0 aliphatic heterocycles. The van der Waals surface area contributed by atoms with Gasteiger partial charge in [-0.2, -0.15) is 0 Å². The van der Waals surface area contributed by atoms with E-state index in [4.69, 9.17) is 9.84 Å². The van der Waals surface area contributed by atoms with Crippen LogP contribution < -0.4 is 0 Å². The summed E-state index contributed by atoms with van der Waals surface area (Å²) in [6, 6.07) is 5.86. The van der Waals surface area contributed by atoms with Crippen LogP contribution in [0.1, 0.15) is 20.7 Å². The van der Waals surface area contributed by atoms with Crippen molar-refractivity contribution in [1.82, 2.24) is 0 Å². The van der Waals surface area contributed by atoms with Gasteiger partial charge in [0.2, 0.25) is 0 Å². The Morgan fingerprint density at radius 1 is 1.12 bits per heavy atom. The maximum atomic E-state index is 11.3. The molecule has 0 amide bonds. The standard InChI is InChI=1S/C10H9IO5/c11-16-10(14)8-3-1-7(2-4-8)9(13)15-6-5-12/h1-4,12H,5-6H2. The van der Waals surface area contributed by atoms with E-state index in [1.165, 1.54) is 47.3 Å². The summed E-state index contributed by atoms with van der Waals surface area (Å²) in [5.74, 6) is -1.01. The van der Waals surface area contributed by atoms with Crippen LogP contribution in [0.5, 0.6) is 0 Å². The Bertz CT molecular complexity index is 373. The first kappa shape index (κ1) is 12.9. The molecule has 0 saturated heterocycles. The number of ether oxygens (including phenoxy) is 1. The number of carbonyl (C=O) groups is 2. The monoisotopic (exact) mass is 336 g/mol. The van der Waals surface area contributed by atoms with Crippen molar-refractivity contribution in [2.75, 3.05) is 13.2 Å². The van der Waals surface area contributed by atoms with Crippen molar-refractivity contribution in [1.29, 1.82) is 0 Å². The van der Waals surface area contributed by atoms with Gasteiger partial charge in [0.25, 0.3) is 0 Å². The van der Waals surface area contributed by atoms with Gasteiger partial charge < -0.3 is 12.9 Å². The van der Waals surface area contributed by atoms with Crippen LogP contribution in [0.3, 0.4) is 0 Å². The third-order valence-corrected chi connectivity index (χ3v) is 2.15. The molecule has 0 radical (unpaired) electrons. The second-order valence-electron chi connectivity index (χ2n) is 2.80. The van der Waals surface area contributed by atoms with Crippen molar-refractivity contribution in [2.45, 2.75) is 0 Å². The van der Waals surface area contributed by atoms with E-state index in [0.717, 1.165) is 0 Å². The molecule has 0 aliphatic carbocycles. The molecular formula is C10H9IO5. The molecule has 6 heteroatoms. The minimum Gasteiger partial charge on any atom is -0.460 e. The molecule has 1 N–H and O–H groups in total. The third kappa shape index (κ3) is 3.46. The number of benzene rings is 1. The normalized spacial score (nSPS) is 9.62. The van der Waals surface area contributed by atoms with Gasteiger partial charge >= 0.3 is 11.9 Å². The van der Waals surface area contributed by atoms with E-state index in [-0.39, 0.29) is 13.2 Å². The fraction of sp³-hybridized carbons (Fsp3) is 0.200. The molecule has 1 aromatic rings. The Morgan fingerprint density at radius 3 is 2.06 bits per heavy atom. The molecule has 0 bridgehead atoms. The van der Waals surface area contributed by atoms with Crippen molar-refractivity contribution in [2.24, 2.45) is 0 Å². The highest BCUT2D eigenvalue weighted by Gasteiger charge is 2.09. The summed E-state index contributed by atoms with van der Waals surface area (Å²) in [6.45, 7) is -0.263. The molecule has 0 fully saturated rings. The summed E-state index contributed by atoms with van der Waals surface area (Å²) >= 11 is 1.49. The van der Waals surface area contributed by atoms with E-state index in [0.29, 0.717) is 11.1 Å². The van der Waals surface area contributed by atoms with Gasteiger partial charge in [0.15, 0.2) is 23.0 Å². The Balaban J connectivity index is 2.71. The van der Waals surface area contributed by atoms with Crippen LogP contribution in [-0.2, 0) is 7.80 Å². The van der Waals surface area contributed by atoms with E-state index in [1.54, 1.807) is 0 Å². The number of aliphatic hydroxyl groups is 1. The minimum absolute atomic E-state index is 0.0453. The number of rotatable bonds is 4. The zero-order valence-electron chi connectivity index (χ0n) is 8.18. The Kier molecular flexibility index (Phi) is 5.20. The van der Waals surface area contributed by atoms with Gasteiger partial charge in [0.1, 0.15) is 6.61 Å². The molecule has 0 heterocycles. The molecule has 0 spiro atoms. The molecule has 0 aromatic heterocycles. The number of aliphatic hydroxyl groups excluding tert-OH is 1. The zero-order valence-corrected chi connectivity index (χ0v) is 10.3. The first-order valence-corrected chi connectivity index (χ1v) is 5.28. The lowest BCUT2D eigenvalue weighted by molar-refractivity contribution is 0.0433. The van der Waals surface area contributed by atoms with E-state index >= 15 is 0 Å². The highest BCUT2D eigenvalue weighted by Crippen LogP contribution is 2.08. The fourth-order valence-corrected chi connectivity index (χ4v) is 1.26. The van der Waals surface area contributed by atoms with E-state index < -0.39 is 11.9 Å². The highest BCUT2D eigenvalue weighted by atomic mass is 127. The highest BCUT2D eigenvalue weighted by molar-refractivity contribution is 14.1. The second-order valence-corrected chi connectivity index (χ2v) is 3.24. The van der Waals surface area contributed by atoms with Crippen LogP contribution in [0, 0.1) is 0 Å². The molecule has 86 valence electrons. The van der Waals surface area contributed by atoms with Crippen molar-refractivity contribution < 1.29 is 22.5 Å². The van der Waals surface area contributed by atoms with Crippen LogP contribution >= 0.6 is 23.0 Å². The topological polar surface area (TPSA) is 72.8 Å². The van der Waals surface area contributed by atoms with E-state index in [1.807, 2.05) is 0 Å². The molecular weight excluding hydrogens is 327 g/mol. The average molecular weight is 336 g/mol. The molecule has 1 rings (SSSR count). The van der Waals surface area contributed by atoms with Crippen molar-refractivity contribution in [3.63, 3.8) is 0 Å². The van der Waals surface area contributed by atoms with Crippen LogP contribution in [-0.4, -0.2) is 30.3 Å². The Hall–Kier alpha value is -1.15. The quantitative estimate of drug-likeness (QED) is 0.664. The molecule has 1 aromatic carbocycles. The molecule has 5 nitrogen and oxygen atoms in total. The van der Waals surface area contributed by atoms with Crippen molar-refractivity contribution in [3.8, 4) is 0 Å². The summed E-state index contributed by atoms with van der Waals surface area (Å²) in [5.41, 5.74) is 0.673. The van der Waals surface area contributed by atoms with Crippen LogP contribution in [0.15, 0.2) is 24.3 Å². The van der Waals surface area contributed by atoms with E-state index in [2.05, 4.69) is 3.07 Å². The van der Waals surface area contributed by atoms with Crippen molar-refractivity contribution in [3.05, 3.63) is 35.4 Å². The number of carbonyl (C=O) groups excluding carboxylic acids is 2. The van der Waals surface area contributed by atoms with Crippen LogP contribution in [0.4, 0.5) is 0 Å². The van der Waals surface area contributed by atoms with Gasteiger partial charge in [-0.15, -0.1) is 0 Å². The summed E-state index contributed by atoms with van der Waals surface area (Å²) < 4.78 is 9.18. The van der Waals surface area contributed by atoms with Crippen molar-refractivity contribution >= 4 is 34.9 Å². The van der Waals surface area contributed by atoms with Gasteiger partial charge in [-0.25, -0.2) is 9.59 Å². The fourth-order valence-electron chi connectivity index (χ4n) is 1.01. The summed E-state index contributed by atoms with van der Waals surface area (Å²) in [5, 5.41) is 8.47. The number of esters is 1. The van der Waals surface area contributed by atoms with Gasteiger partial charge in [0, 0.05) is 0 Å². The van der Waals surface area contributed by atoms with Gasteiger partial charge in [-0.05, 0) is 24.3 Å². The van der Waals surface area contributed by atoms with Gasteiger partial charge in [-0.1, -0.05) is 0 Å². The maximum Gasteiger partial charge on any atom is 0.347 e. The largest absolute Gasteiger partial charge is 0.460 e. The Labute approximate surface area is 106 Å². The maximum absolute atomic E-state index is 11.3. The number of hydrogen-bond donors (Lipinski definition) is 1. The lowest BCUT2D eigenvalue weighted by Crippen LogP contribution is -2.09. The summed E-state index contributed by atoms with van der Waals surface area (Å²) in [6.07, 6.45) is 0. The lowest BCUT2D eigenvalue weighted by Gasteiger charge is -2.03. The molecule has 0 atom stereocenters. The minimum atomic E-state index is -0.538. The van der Waals surface area contributed by atoms with Gasteiger partial charge in [0.05, 0.1) is 17.7 Å². The number of halogens is 1. The summed E-state index contributed by atoms with van der Waals surface area (Å²) in [4.78, 5) is 22.4. The van der Waals surface area contributed by atoms with E-state index in [9.17, 15) is 9.59 Å².